The Kier molecular flexibility index (Phi) is 4.34. The first-order valence-corrected chi connectivity index (χ1v) is 8.72. The molecule has 4 heteroatoms. The minimum absolute atomic E-state index is 0.684. The van der Waals surface area contributed by atoms with Crippen molar-refractivity contribution in [1.29, 1.82) is 0 Å². The van der Waals surface area contributed by atoms with Crippen molar-refractivity contribution in [3.63, 3.8) is 0 Å². The van der Waals surface area contributed by atoms with Crippen LogP contribution in [0, 0.1) is 0 Å². The van der Waals surface area contributed by atoms with E-state index < -0.39 is 0 Å². The van der Waals surface area contributed by atoms with Gasteiger partial charge in [-0.3, -0.25) is 0 Å². The summed E-state index contributed by atoms with van der Waals surface area (Å²) >= 11 is 0. The molecule has 0 unspecified atom stereocenters. The highest BCUT2D eigenvalue weighted by Crippen LogP contribution is 2.32. The van der Waals surface area contributed by atoms with Crippen LogP contribution >= 0.6 is 0 Å². The summed E-state index contributed by atoms with van der Waals surface area (Å²) in [7, 11) is 0. The van der Waals surface area contributed by atoms with Crippen LogP contribution in [0.5, 0.6) is 5.75 Å². The Bertz CT molecular complexity index is 914. The minimum atomic E-state index is 0.684. The second-order valence-corrected chi connectivity index (χ2v) is 6.07. The summed E-state index contributed by atoms with van der Waals surface area (Å²) in [6.45, 7) is 4.49. The third kappa shape index (κ3) is 3.07. The number of hydrogen-bond donors (Lipinski definition) is 0. The van der Waals surface area contributed by atoms with E-state index in [1.165, 1.54) is 11.1 Å². The molecule has 0 radical (unpaired) electrons. The van der Waals surface area contributed by atoms with E-state index in [0.29, 0.717) is 6.61 Å². The molecule has 4 nitrogen and oxygen atoms in total. The predicted molar refractivity (Wildman–Crippen MR) is 102 cm³/mol. The van der Waals surface area contributed by atoms with Gasteiger partial charge in [0.2, 0.25) is 0 Å². The molecule has 4 rings (SSSR count). The van der Waals surface area contributed by atoms with Crippen LogP contribution in [0.4, 0.5) is 5.82 Å². The molecule has 0 N–H and O–H groups in total. The van der Waals surface area contributed by atoms with Gasteiger partial charge >= 0.3 is 0 Å². The van der Waals surface area contributed by atoms with Gasteiger partial charge in [-0.1, -0.05) is 36.4 Å². The first-order chi connectivity index (χ1) is 12.4. The first-order valence-electron chi connectivity index (χ1n) is 8.72. The van der Waals surface area contributed by atoms with Gasteiger partial charge in [-0.25, -0.2) is 9.97 Å². The Morgan fingerprint density at radius 2 is 1.88 bits per heavy atom. The van der Waals surface area contributed by atoms with Gasteiger partial charge in [0, 0.05) is 24.0 Å². The SMILES string of the molecule is CCOc1ccccc1C1=CCN(c2ncnc3ccccc23)CC1. The van der Waals surface area contributed by atoms with Crippen LogP contribution in [-0.2, 0) is 0 Å². The summed E-state index contributed by atoms with van der Waals surface area (Å²) in [5, 5.41) is 1.11. The van der Waals surface area contributed by atoms with E-state index in [9.17, 15) is 0 Å². The van der Waals surface area contributed by atoms with Crippen molar-refractivity contribution in [2.24, 2.45) is 0 Å². The fourth-order valence-electron chi connectivity index (χ4n) is 3.36. The molecule has 1 aliphatic heterocycles. The van der Waals surface area contributed by atoms with Crippen LogP contribution in [0.1, 0.15) is 18.9 Å². The second kappa shape index (κ2) is 6.93. The number of nitrogens with zero attached hydrogens (tertiary/aromatic N) is 3. The number of fused-ring (bicyclic) bond motifs is 1. The van der Waals surface area contributed by atoms with Gasteiger partial charge < -0.3 is 9.64 Å². The molecule has 0 spiro atoms. The van der Waals surface area contributed by atoms with E-state index in [1.807, 2.05) is 37.3 Å². The second-order valence-electron chi connectivity index (χ2n) is 6.07. The first kappa shape index (κ1) is 15.6. The molecule has 0 aliphatic carbocycles. The maximum Gasteiger partial charge on any atom is 0.140 e. The van der Waals surface area contributed by atoms with Crippen molar-refractivity contribution in [2.75, 3.05) is 24.6 Å². The van der Waals surface area contributed by atoms with Gasteiger partial charge in [-0.05, 0) is 37.1 Å². The number of para-hydroxylation sites is 2. The van der Waals surface area contributed by atoms with Gasteiger partial charge in [-0.2, -0.15) is 0 Å². The third-order valence-corrected chi connectivity index (χ3v) is 4.56. The monoisotopic (exact) mass is 331 g/mol. The van der Waals surface area contributed by atoms with Crippen LogP contribution in [-0.4, -0.2) is 29.7 Å². The molecule has 1 aromatic heterocycles. The Morgan fingerprint density at radius 1 is 1.04 bits per heavy atom. The molecule has 0 amide bonds. The summed E-state index contributed by atoms with van der Waals surface area (Å²) in [5.41, 5.74) is 3.54. The lowest BCUT2D eigenvalue weighted by molar-refractivity contribution is 0.339. The molecule has 2 heterocycles. The van der Waals surface area contributed by atoms with E-state index in [0.717, 1.165) is 42.0 Å². The number of ether oxygens (including phenoxy) is 1. The number of benzene rings is 2. The molecule has 1 aliphatic rings. The quantitative estimate of drug-likeness (QED) is 0.713. The van der Waals surface area contributed by atoms with Crippen LogP contribution in [0.15, 0.2) is 60.9 Å². The van der Waals surface area contributed by atoms with Crippen LogP contribution < -0.4 is 9.64 Å². The Morgan fingerprint density at radius 3 is 2.72 bits per heavy atom. The summed E-state index contributed by atoms with van der Waals surface area (Å²) < 4.78 is 5.78. The van der Waals surface area contributed by atoms with Gasteiger partial charge in [0.05, 0.1) is 12.1 Å². The van der Waals surface area contributed by atoms with Gasteiger partial charge in [0.15, 0.2) is 0 Å². The molecular formula is C21H21N3O. The molecular weight excluding hydrogens is 310 g/mol. The smallest absolute Gasteiger partial charge is 0.140 e. The normalized spacial score (nSPS) is 14.4. The number of aromatic nitrogens is 2. The number of anilines is 1. The van der Waals surface area contributed by atoms with Crippen LogP contribution in [0.25, 0.3) is 16.5 Å². The highest BCUT2D eigenvalue weighted by Gasteiger charge is 2.18. The number of rotatable bonds is 4. The van der Waals surface area contributed by atoms with Gasteiger partial charge in [0.25, 0.3) is 0 Å². The third-order valence-electron chi connectivity index (χ3n) is 4.56. The van der Waals surface area contributed by atoms with E-state index >= 15 is 0 Å². The fraction of sp³-hybridized carbons (Fsp3) is 0.238. The molecule has 126 valence electrons. The van der Waals surface area contributed by atoms with Crippen molar-refractivity contribution in [2.45, 2.75) is 13.3 Å². The molecule has 0 atom stereocenters. The zero-order valence-electron chi connectivity index (χ0n) is 14.4. The van der Waals surface area contributed by atoms with Gasteiger partial charge in [-0.15, -0.1) is 0 Å². The molecule has 2 aromatic carbocycles. The average Bonchev–Trinajstić information content (AvgIpc) is 2.68. The van der Waals surface area contributed by atoms with Gasteiger partial charge in [0.1, 0.15) is 17.9 Å². The van der Waals surface area contributed by atoms with E-state index in [2.05, 4.69) is 39.1 Å². The van der Waals surface area contributed by atoms with E-state index in [1.54, 1.807) is 6.33 Å². The summed E-state index contributed by atoms with van der Waals surface area (Å²) in [4.78, 5) is 11.2. The van der Waals surface area contributed by atoms with Crippen molar-refractivity contribution >= 4 is 22.3 Å². The largest absolute Gasteiger partial charge is 0.493 e. The molecule has 3 aromatic rings. The highest BCUT2D eigenvalue weighted by atomic mass is 16.5. The average molecular weight is 331 g/mol. The maximum absolute atomic E-state index is 5.78. The molecule has 0 bridgehead atoms. The molecule has 0 saturated heterocycles. The molecule has 0 fully saturated rings. The fourth-order valence-corrected chi connectivity index (χ4v) is 3.36. The lowest BCUT2D eigenvalue weighted by Gasteiger charge is -2.28. The van der Waals surface area contributed by atoms with E-state index in [4.69, 9.17) is 4.74 Å². The van der Waals surface area contributed by atoms with Crippen molar-refractivity contribution in [1.82, 2.24) is 9.97 Å². The highest BCUT2D eigenvalue weighted by molar-refractivity contribution is 5.89. The van der Waals surface area contributed by atoms with Crippen molar-refractivity contribution < 1.29 is 4.74 Å². The van der Waals surface area contributed by atoms with Crippen LogP contribution in [0.2, 0.25) is 0 Å². The summed E-state index contributed by atoms with van der Waals surface area (Å²) in [6, 6.07) is 16.5. The Labute approximate surface area is 147 Å². The lowest BCUT2D eigenvalue weighted by Crippen LogP contribution is -2.29. The Balaban J connectivity index is 1.62. The zero-order chi connectivity index (χ0) is 17.1. The van der Waals surface area contributed by atoms with Crippen molar-refractivity contribution in [3.8, 4) is 5.75 Å². The lowest BCUT2D eigenvalue weighted by atomic mass is 9.98. The molecule has 25 heavy (non-hydrogen) atoms. The standard InChI is InChI=1S/C21H21N3O/c1-2-25-20-10-6-4-7-17(20)16-11-13-24(14-12-16)21-18-8-3-5-9-19(18)22-15-23-21/h3-11,15H,2,12-14H2,1H3. The zero-order valence-corrected chi connectivity index (χ0v) is 14.4. The van der Waals surface area contributed by atoms with Crippen molar-refractivity contribution in [3.05, 3.63) is 66.5 Å². The van der Waals surface area contributed by atoms with E-state index in [-0.39, 0.29) is 0 Å². The molecule has 0 saturated carbocycles. The maximum atomic E-state index is 5.78. The summed E-state index contributed by atoms with van der Waals surface area (Å²) in [6.07, 6.45) is 4.92. The summed E-state index contributed by atoms with van der Waals surface area (Å²) in [5.74, 6) is 1.98. The Hall–Kier alpha value is -2.88. The predicted octanol–water partition coefficient (Wildman–Crippen LogP) is 4.32. The van der Waals surface area contributed by atoms with Crippen LogP contribution in [0.3, 0.4) is 0 Å². The number of hydrogen-bond acceptors (Lipinski definition) is 4. The minimum Gasteiger partial charge on any atom is -0.493 e. The topological polar surface area (TPSA) is 38.2 Å².